The molecule has 0 unspecified atom stereocenters. The van der Waals surface area contributed by atoms with Crippen LogP contribution in [0.3, 0.4) is 0 Å². The second-order valence-electron chi connectivity index (χ2n) is 4.12. The van der Waals surface area contributed by atoms with Gasteiger partial charge in [-0.3, -0.25) is 0 Å². The first-order valence-electron chi connectivity index (χ1n) is 6.15. The predicted octanol–water partition coefficient (Wildman–Crippen LogP) is 1.91. The Hall–Kier alpha value is -2.68. The molecule has 0 amide bonds. The Labute approximate surface area is 119 Å². The quantitative estimate of drug-likeness (QED) is 0.630. The van der Waals surface area contributed by atoms with Gasteiger partial charge in [0.1, 0.15) is 0 Å². The van der Waals surface area contributed by atoms with Gasteiger partial charge in [-0.1, -0.05) is 43.0 Å². The first-order chi connectivity index (χ1) is 9.59. The number of rotatable bonds is 3. The maximum absolute atomic E-state index is 9.49. The average molecular weight is 267 g/mol. The van der Waals surface area contributed by atoms with E-state index >= 15 is 0 Å². The molecule has 0 spiro atoms. The summed E-state index contributed by atoms with van der Waals surface area (Å²) in [4.78, 5) is 9.49. The topological polar surface area (TPSA) is 44.0 Å². The van der Waals surface area contributed by atoms with E-state index in [0.29, 0.717) is 0 Å². The molecule has 0 aliphatic carbocycles. The smallest absolute Gasteiger partial charge is 0.175 e. The molecular formula is C17H17NO2. The van der Waals surface area contributed by atoms with E-state index in [1.807, 2.05) is 59.6 Å². The average Bonchev–Trinajstić information content (AvgIpc) is 2.48. The Morgan fingerprint density at radius 1 is 1.10 bits per heavy atom. The van der Waals surface area contributed by atoms with Crippen LogP contribution in [0.25, 0.3) is 12.3 Å². The summed E-state index contributed by atoms with van der Waals surface area (Å²) < 4.78 is 2.02. The van der Waals surface area contributed by atoms with Crippen molar-refractivity contribution in [3.8, 4) is 0 Å². The molecule has 0 fully saturated rings. The molecule has 3 nitrogen and oxygen atoms in total. The van der Waals surface area contributed by atoms with Crippen molar-refractivity contribution in [2.24, 2.45) is 0 Å². The highest BCUT2D eigenvalue weighted by Gasteiger charge is 1.89. The van der Waals surface area contributed by atoms with Gasteiger partial charge in [0.25, 0.3) is 0 Å². The molecule has 2 rings (SSSR count). The minimum atomic E-state index is -1.19. The Morgan fingerprint density at radius 2 is 1.60 bits per heavy atom. The third-order valence-corrected chi connectivity index (χ3v) is 2.33. The lowest BCUT2D eigenvalue weighted by atomic mass is 10.2. The lowest BCUT2D eigenvalue weighted by Gasteiger charge is -1.93. The molecule has 20 heavy (non-hydrogen) atoms. The number of carbonyl (C=O) groups is 1. The van der Waals surface area contributed by atoms with Crippen molar-refractivity contribution in [1.82, 2.24) is 0 Å². The van der Waals surface area contributed by atoms with Crippen molar-refractivity contribution in [1.29, 1.82) is 0 Å². The molecule has 1 heterocycles. The van der Waals surface area contributed by atoms with E-state index in [1.54, 1.807) is 0 Å². The van der Waals surface area contributed by atoms with Crippen LogP contribution in [0, 0.1) is 0 Å². The van der Waals surface area contributed by atoms with Gasteiger partial charge < -0.3 is 9.90 Å². The summed E-state index contributed by atoms with van der Waals surface area (Å²) in [6, 6.07) is 16.3. The van der Waals surface area contributed by atoms with Gasteiger partial charge in [0.2, 0.25) is 0 Å². The van der Waals surface area contributed by atoms with Crippen LogP contribution in [0.5, 0.6) is 0 Å². The minimum Gasteiger partial charge on any atom is -0.545 e. The first kappa shape index (κ1) is 15.4. The van der Waals surface area contributed by atoms with Crippen LogP contribution in [0.4, 0.5) is 0 Å². The first-order valence-corrected chi connectivity index (χ1v) is 6.15. The molecule has 0 N–H and O–H groups in total. The number of nitrogens with zero attached hydrogens (tertiary/aromatic N) is 1. The van der Waals surface area contributed by atoms with E-state index in [1.165, 1.54) is 12.5 Å². The highest BCUT2D eigenvalue weighted by molar-refractivity contribution is 5.82. The molecular weight excluding hydrogens is 250 g/mol. The molecule has 0 aliphatic heterocycles. The number of aromatic nitrogens is 1. The number of hydrogen-bond donors (Lipinski definition) is 0. The lowest BCUT2D eigenvalue weighted by molar-refractivity contribution is -0.567. The molecule has 0 radical (unpaired) electrons. The summed E-state index contributed by atoms with van der Waals surface area (Å²) in [7, 11) is 0. The molecule has 102 valence electrons. The van der Waals surface area contributed by atoms with Crippen molar-refractivity contribution in [3.05, 3.63) is 78.6 Å². The standard InChI is InChI=1S/C13H12N.C4H6O2/c1-3-7-13(8-4-1)9-12-14-10-5-2-6-11-14;1-3(2)4(5)6/h1-12H;1H2,2H3,(H,5,6)/q+1;/p-1. The largest absolute Gasteiger partial charge is 0.545 e. The number of pyridine rings is 1. The van der Waals surface area contributed by atoms with Crippen LogP contribution >= 0.6 is 0 Å². The van der Waals surface area contributed by atoms with Gasteiger partial charge >= 0.3 is 0 Å². The summed E-state index contributed by atoms with van der Waals surface area (Å²) in [5.41, 5.74) is 1.28. The van der Waals surface area contributed by atoms with Crippen LogP contribution in [0.1, 0.15) is 12.5 Å². The lowest BCUT2D eigenvalue weighted by Crippen LogP contribution is -2.23. The second kappa shape index (κ2) is 8.43. The number of aliphatic carboxylic acids is 1. The van der Waals surface area contributed by atoms with Crippen LogP contribution in [0.2, 0.25) is 0 Å². The van der Waals surface area contributed by atoms with E-state index < -0.39 is 5.97 Å². The summed E-state index contributed by atoms with van der Waals surface area (Å²) in [6.07, 6.45) is 8.15. The Bertz CT molecular complexity index is 521. The van der Waals surface area contributed by atoms with E-state index in [4.69, 9.17) is 0 Å². The highest BCUT2D eigenvalue weighted by Crippen LogP contribution is 1.99. The number of benzene rings is 1. The zero-order chi connectivity index (χ0) is 14.8. The zero-order valence-corrected chi connectivity index (χ0v) is 11.4. The molecule has 3 heteroatoms. The summed E-state index contributed by atoms with van der Waals surface area (Å²) in [5.74, 6) is -1.19. The predicted molar refractivity (Wildman–Crippen MR) is 78.1 cm³/mol. The van der Waals surface area contributed by atoms with Crippen LogP contribution in [0.15, 0.2) is 73.1 Å². The van der Waals surface area contributed by atoms with E-state index in [2.05, 4.69) is 24.8 Å². The van der Waals surface area contributed by atoms with E-state index in [9.17, 15) is 9.90 Å². The number of carbonyl (C=O) groups excluding carboxylic acids is 1. The van der Waals surface area contributed by atoms with Crippen molar-refractivity contribution >= 4 is 18.2 Å². The van der Waals surface area contributed by atoms with Gasteiger partial charge in [-0.05, 0) is 18.1 Å². The van der Waals surface area contributed by atoms with Gasteiger partial charge in [-0.25, -0.2) is 0 Å². The molecule has 1 aromatic carbocycles. The third-order valence-electron chi connectivity index (χ3n) is 2.33. The molecule has 0 atom stereocenters. The third kappa shape index (κ3) is 6.31. The monoisotopic (exact) mass is 267 g/mol. The van der Waals surface area contributed by atoms with E-state index in [-0.39, 0.29) is 5.57 Å². The van der Waals surface area contributed by atoms with Gasteiger partial charge in [0.05, 0.1) is 5.97 Å². The zero-order valence-electron chi connectivity index (χ0n) is 11.4. The Kier molecular flexibility index (Phi) is 6.48. The summed E-state index contributed by atoms with van der Waals surface area (Å²) >= 11 is 0. The normalized spacial score (nSPS) is 9.65. The van der Waals surface area contributed by atoms with Gasteiger partial charge in [-0.15, -0.1) is 0 Å². The molecule has 0 bridgehead atoms. The van der Waals surface area contributed by atoms with Crippen molar-refractivity contribution in [2.45, 2.75) is 6.92 Å². The number of carboxylic acids is 1. The molecule has 0 saturated heterocycles. The second-order valence-corrected chi connectivity index (χ2v) is 4.12. The van der Waals surface area contributed by atoms with Crippen LogP contribution < -0.4 is 9.67 Å². The van der Waals surface area contributed by atoms with Gasteiger partial charge in [0.15, 0.2) is 18.6 Å². The minimum absolute atomic E-state index is 0.0648. The van der Waals surface area contributed by atoms with Crippen molar-refractivity contribution < 1.29 is 14.5 Å². The van der Waals surface area contributed by atoms with Crippen molar-refractivity contribution in [2.75, 3.05) is 0 Å². The van der Waals surface area contributed by atoms with Crippen LogP contribution in [-0.4, -0.2) is 5.97 Å². The summed E-state index contributed by atoms with van der Waals surface area (Å²) in [5, 5.41) is 9.49. The Morgan fingerprint density at radius 3 is 2.10 bits per heavy atom. The molecule has 0 saturated carbocycles. The maximum atomic E-state index is 9.49. The van der Waals surface area contributed by atoms with E-state index in [0.717, 1.165) is 0 Å². The van der Waals surface area contributed by atoms with Crippen molar-refractivity contribution in [3.63, 3.8) is 0 Å². The van der Waals surface area contributed by atoms with Gasteiger partial charge in [-0.2, -0.15) is 4.57 Å². The molecule has 1 aromatic heterocycles. The van der Waals surface area contributed by atoms with Gasteiger partial charge in [0, 0.05) is 18.2 Å². The highest BCUT2D eigenvalue weighted by atomic mass is 16.4. The fourth-order valence-electron chi connectivity index (χ4n) is 1.25. The number of carboxylic acid groups (broad SMARTS) is 1. The fourth-order valence-corrected chi connectivity index (χ4v) is 1.25. The molecule has 0 aliphatic rings. The summed E-state index contributed by atoms with van der Waals surface area (Å²) in [6.45, 7) is 4.48. The van der Waals surface area contributed by atoms with Crippen LogP contribution in [-0.2, 0) is 4.79 Å². The Balaban J connectivity index is 0.000000286. The fraction of sp³-hybridized carbons (Fsp3) is 0.0588. The molecule has 2 aromatic rings. The SMILES string of the molecule is C(=C[n+]1ccccc1)c1ccccc1.C=C(C)C(=O)[O-]. The number of hydrogen-bond acceptors (Lipinski definition) is 2. The maximum Gasteiger partial charge on any atom is 0.175 e.